The minimum Gasteiger partial charge on any atom is -0.469 e. The molecular weight excluding hydrogens is 262 g/mol. The normalized spacial score (nSPS) is 16.9. The van der Waals surface area contributed by atoms with Crippen LogP contribution in [0.1, 0.15) is 27.6 Å². The van der Waals surface area contributed by atoms with Gasteiger partial charge in [-0.1, -0.05) is 12.1 Å². The summed E-state index contributed by atoms with van der Waals surface area (Å²) in [5.74, 6) is -2.53. The van der Waals surface area contributed by atoms with Crippen molar-refractivity contribution < 1.29 is 24.2 Å². The van der Waals surface area contributed by atoms with E-state index >= 15 is 0 Å². The van der Waals surface area contributed by atoms with Gasteiger partial charge in [-0.25, -0.2) is 0 Å². The fraction of sp³-hybridized carbons (Fsp3) is 0.357. The Bertz CT molecular complexity index is 531. The molecule has 0 fully saturated rings. The Labute approximate surface area is 115 Å². The second-order valence-corrected chi connectivity index (χ2v) is 4.64. The molecule has 0 aromatic heterocycles. The molecule has 6 nitrogen and oxygen atoms in total. The number of amides is 2. The maximum absolute atomic E-state index is 12.1. The molecule has 2 unspecified atom stereocenters. The summed E-state index contributed by atoms with van der Waals surface area (Å²) in [5.41, 5.74) is 0.624. The Kier molecular flexibility index (Phi) is 3.85. The summed E-state index contributed by atoms with van der Waals surface area (Å²) in [5, 5.41) is 9.61. The van der Waals surface area contributed by atoms with E-state index in [4.69, 9.17) is 0 Å². The molecule has 2 amide bonds. The van der Waals surface area contributed by atoms with Crippen LogP contribution in [-0.4, -0.2) is 47.5 Å². The van der Waals surface area contributed by atoms with Crippen molar-refractivity contribution in [2.45, 2.75) is 13.0 Å². The fourth-order valence-electron chi connectivity index (χ4n) is 2.18. The van der Waals surface area contributed by atoms with Crippen molar-refractivity contribution in [3.05, 3.63) is 35.4 Å². The lowest BCUT2D eigenvalue weighted by Crippen LogP contribution is -2.41. The van der Waals surface area contributed by atoms with Crippen LogP contribution in [-0.2, 0) is 9.53 Å². The van der Waals surface area contributed by atoms with Crippen LogP contribution in [0.4, 0.5) is 0 Å². The molecule has 0 bridgehead atoms. The Hall–Kier alpha value is -2.21. The maximum atomic E-state index is 12.1. The van der Waals surface area contributed by atoms with Gasteiger partial charge in [-0.3, -0.25) is 19.3 Å². The van der Waals surface area contributed by atoms with Gasteiger partial charge in [0.05, 0.1) is 24.3 Å². The van der Waals surface area contributed by atoms with Crippen LogP contribution in [0.25, 0.3) is 0 Å². The fourth-order valence-corrected chi connectivity index (χ4v) is 2.18. The average molecular weight is 277 g/mol. The lowest BCUT2D eigenvalue weighted by molar-refractivity contribution is -0.149. The van der Waals surface area contributed by atoms with E-state index in [9.17, 15) is 19.5 Å². The lowest BCUT2D eigenvalue weighted by atomic mass is 10.0. The van der Waals surface area contributed by atoms with Crippen LogP contribution in [0, 0.1) is 5.92 Å². The van der Waals surface area contributed by atoms with Gasteiger partial charge >= 0.3 is 5.97 Å². The Balaban J connectivity index is 2.25. The van der Waals surface area contributed by atoms with Crippen LogP contribution in [0.3, 0.4) is 0 Å². The van der Waals surface area contributed by atoms with Crippen LogP contribution in [0.2, 0.25) is 0 Å². The van der Waals surface area contributed by atoms with E-state index in [1.54, 1.807) is 24.3 Å². The van der Waals surface area contributed by atoms with E-state index < -0.39 is 29.8 Å². The topological polar surface area (TPSA) is 83.9 Å². The zero-order valence-electron chi connectivity index (χ0n) is 11.2. The van der Waals surface area contributed by atoms with Gasteiger partial charge in [-0.2, -0.15) is 0 Å². The number of hydrogen-bond acceptors (Lipinski definition) is 5. The predicted octanol–water partition coefficient (Wildman–Crippen LogP) is 0.453. The van der Waals surface area contributed by atoms with Gasteiger partial charge < -0.3 is 9.84 Å². The summed E-state index contributed by atoms with van der Waals surface area (Å²) < 4.78 is 4.58. The number of aliphatic hydroxyl groups excluding tert-OH is 1. The summed E-state index contributed by atoms with van der Waals surface area (Å²) in [6.45, 7) is 1.22. The first-order valence-electron chi connectivity index (χ1n) is 6.18. The highest BCUT2D eigenvalue weighted by Gasteiger charge is 2.39. The molecule has 2 rings (SSSR count). The number of nitrogens with zero attached hydrogens (tertiary/aromatic N) is 1. The molecule has 1 aliphatic rings. The highest BCUT2D eigenvalue weighted by atomic mass is 16.5. The first kappa shape index (κ1) is 14.2. The third kappa shape index (κ3) is 2.30. The molecule has 1 aromatic rings. The summed E-state index contributed by atoms with van der Waals surface area (Å²) in [4.78, 5) is 36.9. The van der Waals surface area contributed by atoms with E-state index in [-0.39, 0.29) is 6.54 Å². The molecule has 6 heteroatoms. The van der Waals surface area contributed by atoms with Gasteiger partial charge in [0.1, 0.15) is 5.92 Å². The monoisotopic (exact) mass is 277 g/mol. The Morgan fingerprint density at radius 3 is 2.15 bits per heavy atom. The molecular formula is C14H15NO5. The number of benzene rings is 1. The molecule has 20 heavy (non-hydrogen) atoms. The molecule has 1 aliphatic heterocycles. The molecule has 0 saturated heterocycles. The zero-order valence-corrected chi connectivity index (χ0v) is 11.2. The molecule has 106 valence electrons. The molecule has 2 atom stereocenters. The number of aliphatic hydroxyl groups is 1. The second-order valence-electron chi connectivity index (χ2n) is 4.64. The highest BCUT2D eigenvalue weighted by Crippen LogP contribution is 2.24. The molecule has 1 heterocycles. The molecule has 0 spiro atoms. The zero-order chi connectivity index (χ0) is 14.9. The van der Waals surface area contributed by atoms with Crippen LogP contribution < -0.4 is 0 Å². The van der Waals surface area contributed by atoms with Crippen molar-refractivity contribution in [1.29, 1.82) is 0 Å². The third-order valence-corrected chi connectivity index (χ3v) is 3.34. The largest absolute Gasteiger partial charge is 0.469 e. The van der Waals surface area contributed by atoms with E-state index in [0.29, 0.717) is 11.1 Å². The minimum atomic E-state index is -1.02. The summed E-state index contributed by atoms with van der Waals surface area (Å²) in [6, 6.07) is 6.45. The number of fused-ring (bicyclic) bond motifs is 1. The molecule has 1 aromatic carbocycles. The van der Waals surface area contributed by atoms with E-state index in [1.807, 2.05) is 0 Å². The Morgan fingerprint density at radius 2 is 1.75 bits per heavy atom. The van der Waals surface area contributed by atoms with Crippen molar-refractivity contribution >= 4 is 17.8 Å². The standard InChI is InChI=1S/C14H15NO5/c1-8(16)11(14(19)20-2)7-15-12(17)9-5-3-4-6-10(9)13(15)18/h3-6,8,11,16H,7H2,1-2H3. The van der Waals surface area contributed by atoms with Gasteiger partial charge in [0, 0.05) is 6.54 Å². The number of ether oxygens (including phenoxy) is 1. The number of hydrogen-bond donors (Lipinski definition) is 1. The second kappa shape index (κ2) is 5.42. The van der Waals surface area contributed by atoms with Crippen molar-refractivity contribution in [3.8, 4) is 0 Å². The minimum absolute atomic E-state index is 0.198. The van der Waals surface area contributed by atoms with Gasteiger partial charge in [-0.15, -0.1) is 0 Å². The van der Waals surface area contributed by atoms with E-state index in [1.165, 1.54) is 14.0 Å². The summed E-state index contributed by atoms with van der Waals surface area (Å²) in [7, 11) is 1.19. The van der Waals surface area contributed by atoms with Crippen molar-refractivity contribution in [2.75, 3.05) is 13.7 Å². The average Bonchev–Trinajstić information content (AvgIpc) is 2.68. The number of carbonyl (C=O) groups excluding carboxylic acids is 3. The summed E-state index contributed by atoms with van der Waals surface area (Å²) >= 11 is 0. The van der Waals surface area contributed by atoms with Gasteiger partial charge in [0.2, 0.25) is 0 Å². The van der Waals surface area contributed by atoms with Gasteiger partial charge in [0.25, 0.3) is 11.8 Å². The third-order valence-electron chi connectivity index (χ3n) is 3.34. The number of imide groups is 1. The molecule has 0 saturated carbocycles. The molecule has 0 aliphatic carbocycles. The smallest absolute Gasteiger partial charge is 0.313 e. The molecule has 1 N–H and O–H groups in total. The summed E-state index contributed by atoms with van der Waals surface area (Å²) in [6.07, 6.45) is -1.02. The van der Waals surface area contributed by atoms with Crippen LogP contribution in [0.15, 0.2) is 24.3 Å². The van der Waals surface area contributed by atoms with Gasteiger partial charge in [-0.05, 0) is 19.1 Å². The van der Waals surface area contributed by atoms with E-state index in [2.05, 4.69) is 4.74 Å². The van der Waals surface area contributed by atoms with Crippen molar-refractivity contribution in [2.24, 2.45) is 5.92 Å². The number of methoxy groups -OCH3 is 1. The number of carbonyl (C=O) groups is 3. The highest BCUT2D eigenvalue weighted by molar-refractivity contribution is 6.21. The van der Waals surface area contributed by atoms with Crippen LogP contribution >= 0.6 is 0 Å². The van der Waals surface area contributed by atoms with Crippen molar-refractivity contribution in [1.82, 2.24) is 4.90 Å². The molecule has 0 radical (unpaired) electrons. The Morgan fingerprint density at radius 1 is 1.25 bits per heavy atom. The number of rotatable bonds is 4. The van der Waals surface area contributed by atoms with E-state index in [0.717, 1.165) is 4.90 Å². The quantitative estimate of drug-likeness (QED) is 0.638. The predicted molar refractivity (Wildman–Crippen MR) is 69.0 cm³/mol. The first-order valence-corrected chi connectivity index (χ1v) is 6.18. The maximum Gasteiger partial charge on any atom is 0.313 e. The lowest BCUT2D eigenvalue weighted by Gasteiger charge is -2.22. The van der Waals surface area contributed by atoms with Crippen LogP contribution in [0.5, 0.6) is 0 Å². The first-order chi connectivity index (χ1) is 9.47. The number of esters is 1. The SMILES string of the molecule is COC(=O)C(CN1C(=O)c2ccccc2C1=O)C(C)O. The van der Waals surface area contributed by atoms with Crippen molar-refractivity contribution in [3.63, 3.8) is 0 Å². The van der Waals surface area contributed by atoms with Gasteiger partial charge in [0.15, 0.2) is 0 Å².